The lowest BCUT2D eigenvalue weighted by Crippen LogP contribution is -2.49. The number of halogens is 1. The Hall–Kier alpha value is -3.31. The van der Waals surface area contributed by atoms with Gasteiger partial charge in [-0.1, -0.05) is 35.9 Å². The Bertz CT molecular complexity index is 1150. The van der Waals surface area contributed by atoms with E-state index in [-0.39, 0.29) is 5.91 Å². The molecule has 0 bridgehead atoms. The normalized spacial score (nSPS) is 11.4. The second kappa shape index (κ2) is 8.20. The maximum Gasteiger partial charge on any atom is 0.270 e. The Balaban J connectivity index is 1.66. The number of pyridine rings is 1. The van der Waals surface area contributed by atoms with Crippen molar-refractivity contribution < 1.29 is 9.53 Å². The first-order valence-electron chi connectivity index (χ1n) is 9.66. The Morgan fingerprint density at radius 1 is 1.03 bits per heavy atom. The highest BCUT2D eigenvalue weighted by molar-refractivity contribution is 6.30. The number of hydrogen-bond donors (Lipinski definition) is 0. The van der Waals surface area contributed by atoms with E-state index >= 15 is 0 Å². The number of carbonyl (C=O) groups excluding carboxylic acids is 1. The zero-order chi connectivity index (χ0) is 21.1. The molecular formula is C24H22ClN3O2. The van der Waals surface area contributed by atoms with E-state index in [1.54, 1.807) is 49.2 Å². The van der Waals surface area contributed by atoms with Crippen molar-refractivity contribution in [1.29, 1.82) is 0 Å². The van der Waals surface area contributed by atoms with Crippen LogP contribution in [0, 0.1) is 0 Å². The Morgan fingerprint density at radius 3 is 2.47 bits per heavy atom. The molecule has 1 amide bonds. The standard InChI is InChI=1S/C24H22ClN3O2/c1-24(2,30-21-13-11-18(25)12-14-21)23(29)28(19-8-4-3-5-9-19)17-20-16-26-22-10-6-7-15-27(20)22/h3-16H,17H2,1-2H3. The van der Waals surface area contributed by atoms with Gasteiger partial charge < -0.3 is 14.0 Å². The molecule has 0 fully saturated rings. The van der Waals surface area contributed by atoms with Crippen molar-refractivity contribution in [2.45, 2.75) is 26.0 Å². The van der Waals surface area contributed by atoms with Crippen LogP contribution in [0.2, 0.25) is 5.02 Å². The second-order valence-electron chi connectivity index (χ2n) is 7.47. The maximum absolute atomic E-state index is 13.6. The molecule has 0 saturated carbocycles. The number of rotatable bonds is 6. The number of fused-ring (bicyclic) bond motifs is 1. The van der Waals surface area contributed by atoms with E-state index in [1.807, 2.05) is 59.1 Å². The van der Waals surface area contributed by atoms with Crippen LogP contribution in [0.1, 0.15) is 19.5 Å². The number of para-hydroxylation sites is 1. The summed E-state index contributed by atoms with van der Waals surface area (Å²) in [5, 5.41) is 0.616. The van der Waals surface area contributed by atoms with Gasteiger partial charge in [0.15, 0.2) is 5.60 Å². The maximum atomic E-state index is 13.6. The Labute approximate surface area is 180 Å². The molecule has 2 heterocycles. The van der Waals surface area contributed by atoms with Crippen LogP contribution in [0.4, 0.5) is 5.69 Å². The van der Waals surface area contributed by atoms with E-state index in [1.165, 1.54) is 0 Å². The molecule has 0 atom stereocenters. The molecule has 4 rings (SSSR count). The number of imidazole rings is 1. The summed E-state index contributed by atoms with van der Waals surface area (Å²) in [7, 11) is 0. The van der Waals surface area contributed by atoms with E-state index in [4.69, 9.17) is 16.3 Å². The summed E-state index contributed by atoms with van der Waals surface area (Å²) in [5.74, 6) is 0.426. The van der Waals surface area contributed by atoms with Crippen LogP contribution >= 0.6 is 11.6 Å². The smallest absolute Gasteiger partial charge is 0.270 e. The minimum absolute atomic E-state index is 0.158. The monoisotopic (exact) mass is 419 g/mol. The average molecular weight is 420 g/mol. The van der Waals surface area contributed by atoms with E-state index in [0.717, 1.165) is 17.0 Å². The van der Waals surface area contributed by atoms with Crippen LogP contribution in [0.5, 0.6) is 5.75 Å². The first-order chi connectivity index (χ1) is 14.4. The predicted molar refractivity (Wildman–Crippen MR) is 119 cm³/mol. The number of carbonyl (C=O) groups is 1. The quantitative estimate of drug-likeness (QED) is 0.421. The van der Waals surface area contributed by atoms with E-state index in [9.17, 15) is 4.79 Å². The Kier molecular flexibility index (Phi) is 5.46. The molecule has 6 heteroatoms. The van der Waals surface area contributed by atoms with Crippen molar-refractivity contribution in [1.82, 2.24) is 9.38 Å². The lowest BCUT2D eigenvalue weighted by molar-refractivity contribution is -0.131. The lowest BCUT2D eigenvalue weighted by Gasteiger charge is -2.32. The highest BCUT2D eigenvalue weighted by Gasteiger charge is 2.35. The van der Waals surface area contributed by atoms with Crippen LogP contribution in [0.15, 0.2) is 85.2 Å². The molecule has 2 aromatic carbocycles. The van der Waals surface area contributed by atoms with Gasteiger partial charge in [-0.05, 0) is 62.4 Å². The van der Waals surface area contributed by atoms with Crippen molar-refractivity contribution in [3.05, 3.63) is 95.9 Å². The van der Waals surface area contributed by atoms with Gasteiger partial charge >= 0.3 is 0 Å². The van der Waals surface area contributed by atoms with Crippen LogP contribution < -0.4 is 9.64 Å². The average Bonchev–Trinajstić information content (AvgIpc) is 3.16. The summed E-state index contributed by atoms with van der Waals surface area (Å²) in [4.78, 5) is 19.8. The summed E-state index contributed by atoms with van der Waals surface area (Å²) in [6, 6.07) is 22.4. The SMILES string of the molecule is CC(C)(Oc1ccc(Cl)cc1)C(=O)N(Cc1cnc2ccccn12)c1ccccc1. The molecular weight excluding hydrogens is 398 g/mol. The number of benzene rings is 2. The number of nitrogens with zero attached hydrogens (tertiary/aromatic N) is 3. The predicted octanol–water partition coefficient (Wildman–Crippen LogP) is 5.38. The minimum Gasteiger partial charge on any atom is -0.478 e. The van der Waals surface area contributed by atoms with Crippen molar-refractivity contribution in [2.75, 3.05) is 4.90 Å². The number of hydrogen-bond acceptors (Lipinski definition) is 3. The molecule has 0 aliphatic rings. The molecule has 2 aromatic heterocycles. The van der Waals surface area contributed by atoms with Crippen molar-refractivity contribution in [3.8, 4) is 5.75 Å². The molecule has 0 N–H and O–H groups in total. The van der Waals surface area contributed by atoms with Gasteiger partial charge in [0.25, 0.3) is 5.91 Å². The van der Waals surface area contributed by atoms with Gasteiger partial charge in [-0.3, -0.25) is 4.79 Å². The molecule has 4 aromatic rings. The molecule has 0 unspecified atom stereocenters. The molecule has 5 nitrogen and oxygen atoms in total. The minimum atomic E-state index is -1.09. The summed E-state index contributed by atoms with van der Waals surface area (Å²) < 4.78 is 8.04. The van der Waals surface area contributed by atoms with E-state index < -0.39 is 5.60 Å². The van der Waals surface area contributed by atoms with Gasteiger partial charge in [0.1, 0.15) is 11.4 Å². The first-order valence-corrected chi connectivity index (χ1v) is 10.0. The highest BCUT2D eigenvalue weighted by Crippen LogP contribution is 2.26. The second-order valence-corrected chi connectivity index (χ2v) is 7.91. The van der Waals surface area contributed by atoms with Crippen molar-refractivity contribution in [2.24, 2.45) is 0 Å². The van der Waals surface area contributed by atoms with Gasteiger partial charge in [-0.2, -0.15) is 0 Å². The third kappa shape index (κ3) is 4.16. The number of anilines is 1. The summed E-state index contributed by atoms with van der Waals surface area (Å²) in [6.45, 7) is 3.91. The van der Waals surface area contributed by atoms with Gasteiger partial charge in [0.05, 0.1) is 18.4 Å². The van der Waals surface area contributed by atoms with Crippen LogP contribution in [-0.4, -0.2) is 20.9 Å². The molecule has 0 saturated heterocycles. The van der Waals surface area contributed by atoms with Crippen molar-refractivity contribution in [3.63, 3.8) is 0 Å². The van der Waals surface area contributed by atoms with Gasteiger partial charge in [0, 0.05) is 16.9 Å². The third-order valence-electron chi connectivity index (χ3n) is 4.83. The Morgan fingerprint density at radius 2 is 1.73 bits per heavy atom. The first kappa shape index (κ1) is 20.0. The number of ether oxygens (including phenoxy) is 1. The number of amides is 1. The van der Waals surface area contributed by atoms with Crippen LogP contribution in [0.3, 0.4) is 0 Å². The zero-order valence-electron chi connectivity index (χ0n) is 16.8. The fraction of sp³-hybridized carbons (Fsp3) is 0.167. The van der Waals surface area contributed by atoms with Crippen LogP contribution in [-0.2, 0) is 11.3 Å². The molecule has 0 radical (unpaired) electrons. The molecule has 30 heavy (non-hydrogen) atoms. The topological polar surface area (TPSA) is 46.8 Å². The van der Waals surface area contributed by atoms with Crippen LogP contribution in [0.25, 0.3) is 5.65 Å². The molecule has 0 spiro atoms. The van der Waals surface area contributed by atoms with Gasteiger partial charge in [-0.15, -0.1) is 0 Å². The molecule has 0 aliphatic heterocycles. The summed E-state index contributed by atoms with van der Waals surface area (Å²) in [5.41, 5.74) is 1.44. The highest BCUT2D eigenvalue weighted by atomic mass is 35.5. The van der Waals surface area contributed by atoms with Gasteiger partial charge in [0.2, 0.25) is 0 Å². The summed E-state index contributed by atoms with van der Waals surface area (Å²) >= 11 is 5.96. The fourth-order valence-corrected chi connectivity index (χ4v) is 3.44. The fourth-order valence-electron chi connectivity index (χ4n) is 3.32. The lowest BCUT2D eigenvalue weighted by atomic mass is 10.1. The third-order valence-corrected chi connectivity index (χ3v) is 5.08. The summed E-state index contributed by atoms with van der Waals surface area (Å²) in [6.07, 6.45) is 3.74. The van der Waals surface area contributed by atoms with Crippen molar-refractivity contribution >= 4 is 28.8 Å². The largest absolute Gasteiger partial charge is 0.478 e. The number of aromatic nitrogens is 2. The molecule has 152 valence electrons. The van der Waals surface area contributed by atoms with E-state index in [0.29, 0.717) is 17.3 Å². The van der Waals surface area contributed by atoms with Gasteiger partial charge in [-0.25, -0.2) is 4.98 Å². The molecule has 0 aliphatic carbocycles. The zero-order valence-corrected chi connectivity index (χ0v) is 17.6. The van der Waals surface area contributed by atoms with E-state index in [2.05, 4.69) is 4.98 Å².